The zero-order valence-corrected chi connectivity index (χ0v) is 20.2. The first-order chi connectivity index (χ1) is 15.6. The van der Waals surface area contributed by atoms with Gasteiger partial charge in [0.05, 0.1) is 19.8 Å². The Hall–Kier alpha value is -2.07. The third kappa shape index (κ3) is 12.7. The number of unbranched alkanes of at least 4 members (excludes halogenated alkanes) is 1. The highest BCUT2D eigenvalue weighted by atomic mass is 35.5. The topological polar surface area (TPSA) is 109 Å². The maximum absolute atomic E-state index is 11.9. The number of halogens is 1. The Kier molecular flexibility index (Phi) is 15.3. The van der Waals surface area contributed by atoms with Gasteiger partial charge in [0.15, 0.2) is 0 Å². The Balaban J connectivity index is 0.00000544. The van der Waals surface area contributed by atoms with Gasteiger partial charge in [-0.2, -0.15) is 0 Å². The number of hydrogen-bond acceptors (Lipinski definition) is 7. The Morgan fingerprint density at radius 1 is 1.18 bits per heavy atom. The van der Waals surface area contributed by atoms with Gasteiger partial charge in [0.2, 0.25) is 0 Å². The summed E-state index contributed by atoms with van der Waals surface area (Å²) in [5, 5.41) is 16.0. The molecule has 188 valence electrons. The summed E-state index contributed by atoms with van der Waals surface area (Å²) in [5.74, 6) is 0.492. The van der Waals surface area contributed by atoms with Crippen molar-refractivity contribution in [3.63, 3.8) is 0 Å². The van der Waals surface area contributed by atoms with Crippen LogP contribution in [-0.4, -0.2) is 87.3 Å². The largest absolute Gasteiger partial charge is 0.491 e. The van der Waals surface area contributed by atoms with Crippen LogP contribution in [0.3, 0.4) is 0 Å². The van der Waals surface area contributed by atoms with Gasteiger partial charge in [0.1, 0.15) is 18.5 Å². The lowest BCUT2D eigenvalue weighted by Gasteiger charge is -2.27. The smallest absolute Gasteiger partial charge is 0.317 e. The van der Waals surface area contributed by atoms with E-state index < -0.39 is 6.10 Å². The van der Waals surface area contributed by atoms with Gasteiger partial charge in [-0.15, -0.1) is 12.4 Å². The van der Waals surface area contributed by atoms with Crippen LogP contribution >= 0.6 is 12.4 Å². The van der Waals surface area contributed by atoms with Crippen molar-refractivity contribution < 1.29 is 28.9 Å². The summed E-state index contributed by atoms with van der Waals surface area (Å²) in [5.41, 5.74) is 1.03. The molecule has 33 heavy (non-hydrogen) atoms. The highest BCUT2D eigenvalue weighted by Gasteiger charge is 2.15. The van der Waals surface area contributed by atoms with E-state index in [1.807, 2.05) is 24.3 Å². The average Bonchev–Trinajstić information content (AvgIpc) is 2.82. The first-order valence-corrected chi connectivity index (χ1v) is 11.4. The lowest BCUT2D eigenvalue weighted by atomic mass is 10.1. The molecule has 1 atom stereocenters. The average molecular weight is 488 g/mol. The summed E-state index contributed by atoms with van der Waals surface area (Å²) >= 11 is 0. The second-order valence-corrected chi connectivity index (χ2v) is 7.72. The Bertz CT molecular complexity index is 671. The van der Waals surface area contributed by atoms with E-state index in [0.29, 0.717) is 71.1 Å². The summed E-state index contributed by atoms with van der Waals surface area (Å²) in [7, 11) is 0. The number of aryl methyl sites for hydroxylation is 1. The molecule has 1 aliphatic rings. The molecule has 0 radical (unpaired) electrons. The standard InChI is InChI=1S/C23H37N3O6.ClH/c1-2-3-14-31-22(28)9-6-19-4-7-21(8-5-19)32-18-20(27)17-24-10-11-25-23(29)26-12-15-30-16-13-26;/h4-5,7-8,20,24,27H,2-3,6,9-18H2,1H3,(H,25,29);1H/t20-;/m0./s1. The van der Waals surface area contributed by atoms with E-state index in [4.69, 9.17) is 14.2 Å². The molecule has 9 nitrogen and oxygen atoms in total. The minimum Gasteiger partial charge on any atom is -0.491 e. The number of esters is 1. The Morgan fingerprint density at radius 3 is 2.61 bits per heavy atom. The first-order valence-electron chi connectivity index (χ1n) is 11.4. The highest BCUT2D eigenvalue weighted by molar-refractivity contribution is 5.85. The van der Waals surface area contributed by atoms with E-state index in [9.17, 15) is 14.7 Å². The van der Waals surface area contributed by atoms with E-state index >= 15 is 0 Å². The fourth-order valence-electron chi connectivity index (χ4n) is 3.06. The van der Waals surface area contributed by atoms with Gasteiger partial charge < -0.3 is 34.9 Å². The SMILES string of the molecule is CCCCOC(=O)CCc1ccc(OC[C@@H](O)CNCCNC(=O)N2CCOCC2)cc1.Cl. The van der Waals surface area contributed by atoms with Gasteiger partial charge in [-0.05, 0) is 30.5 Å². The molecule has 1 saturated heterocycles. The van der Waals surface area contributed by atoms with Gasteiger partial charge >= 0.3 is 12.0 Å². The van der Waals surface area contributed by atoms with Gasteiger partial charge in [-0.25, -0.2) is 4.79 Å². The third-order valence-corrected chi connectivity index (χ3v) is 5.00. The molecule has 1 aromatic carbocycles. The predicted octanol–water partition coefficient (Wildman–Crippen LogP) is 1.76. The minimum absolute atomic E-state index is 0. The van der Waals surface area contributed by atoms with Crippen LogP contribution in [0.15, 0.2) is 24.3 Å². The first kappa shape index (κ1) is 29.0. The van der Waals surface area contributed by atoms with Crippen molar-refractivity contribution in [1.29, 1.82) is 0 Å². The van der Waals surface area contributed by atoms with Crippen LogP contribution in [0.2, 0.25) is 0 Å². The number of aliphatic hydroxyl groups is 1. The van der Waals surface area contributed by atoms with Crippen LogP contribution in [-0.2, 0) is 20.7 Å². The lowest BCUT2D eigenvalue weighted by molar-refractivity contribution is -0.143. The van der Waals surface area contributed by atoms with Crippen molar-refractivity contribution in [3.8, 4) is 5.75 Å². The second kappa shape index (κ2) is 17.4. The summed E-state index contributed by atoms with van der Waals surface area (Å²) in [6, 6.07) is 7.40. The van der Waals surface area contributed by atoms with Crippen molar-refractivity contribution in [2.45, 2.75) is 38.7 Å². The number of benzene rings is 1. The molecule has 0 aromatic heterocycles. The predicted molar refractivity (Wildman–Crippen MR) is 128 cm³/mol. The minimum atomic E-state index is -0.664. The molecule has 0 bridgehead atoms. The maximum Gasteiger partial charge on any atom is 0.317 e. The van der Waals surface area contributed by atoms with Crippen LogP contribution in [0.1, 0.15) is 31.7 Å². The van der Waals surface area contributed by atoms with Crippen LogP contribution in [0.25, 0.3) is 0 Å². The Labute approximate surface area is 202 Å². The van der Waals surface area contributed by atoms with Crippen LogP contribution in [0, 0.1) is 0 Å². The maximum atomic E-state index is 11.9. The molecule has 2 amide bonds. The van der Waals surface area contributed by atoms with Crippen molar-refractivity contribution >= 4 is 24.4 Å². The number of nitrogens with zero attached hydrogens (tertiary/aromatic N) is 1. The van der Waals surface area contributed by atoms with Gasteiger partial charge in [-0.3, -0.25) is 4.79 Å². The number of carbonyl (C=O) groups excluding carboxylic acids is 2. The molecular weight excluding hydrogens is 450 g/mol. The molecule has 0 saturated carbocycles. The van der Waals surface area contributed by atoms with E-state index in [1.165, 1.54) is 0 Å². The van der Waals surface area contributed by atoms with E-state index in [1.54, 1.807) is 4.90 Å². The molecule has 0 spiro atoms. The van der Waals surface area contributed by atoms with Crippen LogP contribution in [0.4, 0.5) is 4.79 Å². The Morgan fingerprint density at radius 2 is 1.91 bits per heavy atom. The molecule has 1 heterocycles. The van der Waals surface area contributed by atoms with Gasteiger partial charge in [-0.1, -0.05) is 25.5 Å². The number of morpholine rings is 1. The van der Waals surface area contributed by atoms with Crippen molar-refractivity contribution in [2.75, 3.05) is 59.2 Å². The summed E-state index contributed by atoms with van der Waals surface area (Å²) < 4.78 is 16.0. The molecule has 10 heteroatoms. The summed E-state index contributed by atoms with van der Waals surface area (Å²) in [6.45, 7) is 6.50. The van der Waals surface area contributed by atoms with Gasteiger partial charge in [0.25, 0.3) is 0 Å². The zero-order chi connectivity index (χ0) is 23.0. The van der Waals surface area contributed by atoms with Crippen molar-refractivity contribution in [3.05, 3.63) is 29.8 Å². The van der Waals surface area contributed by atoms with Crippen LogP contribution < -0.4 is 15.4 Å². The quantitative estimate of drug-likeness (QED) is 0.271. The van der Waals surface area contributed by atoms with E-state index in [2.05, 4.69) is 17.6 Å². The molecule has 1 aliphatic heterocycles. The van der Waals surface area contributed by atoms with E-state index in [0.717, 1.165) is 18.4 Å². The number of hydrogen-bond donors (Lipinski definition) is 3. The molecule has 1 fully saturated rings. The van der Waals surface area contributed by atoms with E-state index in [-0.39, 0.29) is 31.0 Å². The third-order valence-electron chi connectivity index (χ3n) is 5.00. The molecule has 3 N–H and O–H groups in total. The van der Waals surface area contributed by atoms with Gasteiger partial charge in [0, 0.05) is 39.1 Å². The van der Waals surface area contributed by atoms with Crippen molar-refractivity contribution in [1.82, 2.24) is 15.5 Å². The van der Waals surface area contributed by atoms with Crippen LogP contribution in [0.5, 0.6) is 5.75 Å². The number of urea groups is 1. The number of carbonyl (C=O) groups is 2. The fourth-order valence-corrected chi connectivity index (χ4v) is 3.06. The number of rotatable bonds is 14. The number of aliphatic hydroxyl groups excluding tert-OH is 1. The molecule has 2 rings (SSSR count). The molecule has 1 aromatic rings. The molecule has 0 aliphatic carbocycles. The molecule has 0 unspecified atom stereocenters. The monoisotopic (exact) mass is 487 g/mol. The number of ether oxygens (including phenoxy) is 3. The number of amides is 2. The summed E-state index contributed by atoms with van der Waals surface area (Å²) in [4.78, 5) is 25.3. The zero-order valence-electron chi connectivity index (χ0n) is 19.4. The lowest BCUT2D eigenvalue weighted by Crippen LogP contribution is -2.47. The number of nitrogens with one attached hydrogen (secondary N) is 2. The fraction of sp³-hybridized carbons (Fsp3) is 0.652. The van der Waals surface area contributed by atoms with Crippen molar-refractivity contribution in [2.24, 2.45) is 0 Å². The molecular formula is C23H38ClN3O6. The second-order valence-electron chi connectivity index (χ2n) is 7.72. The normalized spacial score (nSPS) is 14.2. The highest BCUT2D eigenvalue weighted by Crippen LogP contribution is 2.14. The summed E-state index contributed by atoms with van der Waals surface area (Å²) in [6.07, 6.45) is 2.22.